The number of nitrogens with one attached hydrogen (secondary N) is 1. The first-order chi connectivity index (χ1) is 17.2. The van der Waals surface area contributed by atoms with Crippen molar-refractivity contribution in [3.05, 3.63) is 41.2 Å². The molecule has 0 atom stereocenters. The SMILES string of the molecule is CCC(=O)CN1CC2(C1)CN(c1ncc3[nH]c(-c4cn5ncnc5c(C)c4C)c(C(C)C)c3c1F)C2. The van der Waals surface area contributed by atoms with Crippen LogP contribution < -0.4 is 4.90 Å². The van der Waals surface area contributed by atoms with Gasteiger partial charge in [0.25, 0.3) is 0 Å². The Balaban J connectivity index is 1.35. The minimum Gasteiger partial charge on any atom is -0.353 e. The summed E-state index contributed by atoms with van der Waals surface area (Å²) in [4.78, 5) is 28.4. The molecule has 9 heteroatoms. The molecule has 4 aromatic rings. The summed E-state index contributed by atoms with van der Waals surface area (Å²) in [7, 11) is 0. The molecule has 0 aromatic carbocycles. The zero-order valence-electron chi connectivity index (χ0n) is 21.5. The van der Waals surface area contributed by atoms with Gasteiger partial charge < -0.3 is 9.88 Å². The molecule has 2 aliphatic rings. The van der Waals surface area contributed by atoms with E-state index in [1.165, 1.54) is 0 Å². The number of anilines is 1. The van der Waals surface area contributed by atoms with Crippen LogP contribution in [0.5, 0.6) is 0 Å². The molecule has 36 heavy (non-hydrogen) atoms. The first kappa shape index (κ1) is 23.1. The van der Waals surface area contributed by atoms with Crippen LogP contribution in [0.15, 0.2) is 18.7 Å². The zero-order chi connectivity index (χ0) is 25.4. The second-order valence-electron chi connectivity index (χ2n) is 11.0. The largest absolute Gasteiger partial charge is 0.353 e. The number of aryl methyl sites for hydroxylation is 1. The van der Waals surface area contributed by atoms with Crippen molar-refractivity contribution in [2.75, 3.05) is 37.6 Å². The Kier molecular flexibility index (Phi) is 5.19. The summed E-state index contributed by atoms with van der Waals surface area (Å²) >= 11 is 0. The minimum atomic E-state index is -0.262. The molecule has 8 nitrogen and oxygen atoms in total. The third-order valence-electron chi connectivity index (χ3n) is 8.04. The monoisotopic (exact) mass is 489 g/mol. The van der Waals surface area contributed by atoms with Crippen LogP contribution in [0.4, 0.5) is 10.2 Å². The predicted molar refractivity (Wildman–Crippen MR) is 138 cm³/mol. The van der Waals surface area contributed by atoms with Gasteiger partial charge >= 0.3 is 0 Å². The van der Waals surface area contributed by atoms with Crippen LogP contribution >= 0.6 is 0 Å². The molecule has 0 saturated carbocycles. The highest BCUT2D eigenvalue weighted by Gasteiger charge is 2.52. The first-order valence-corrected chi connectivity index (χ1v) is 12.7. The first-order valence-electron chi connectivity index (χ1n) is 12.7. The minimum absolute atomic E-state index is 0.101. The number of carbonyl (C=O) groups is 1. The number of hydrogen-bond donors (Lipinski definition) is 1. The number of aromatic nitrogens is 5. The molecule has 2 saturated heterocycles. The number of rotatable bonds is 6. The van der Waals surface area contributed by atoms with E-state index in [1.807, 2.05) is 24.9 Å². The molecule has 0 unspecified atom stereocenters. The average Bonchev–Trinajstić information content (AvgIpc) is 3.42. The lowest BCUT2D eigenvalue weighted by molar-refractivity contribution is -0.124. The summed E-state index contributed by atoms with van der Waals surface area (Å²) < 4.78 is 17.9. The maximum absolute atomic E-state index is 16.1. The molecule has 6 rings (SSSR count). The molecule has 1 spiro atoms. The van der Waals surface area contributed by atoms with Crippen molar-refractivity contribution in [1.82, 2.24) is 29.5 Å². The number of likely N-dealkylation sites (tertiary alicyclic amines) is 1. The highest BCUT2D eigenvalue weighted by molar-refractivity contribution is 5.94. The van der Waals surface area contributed by atoms with Crippen molar-refractivity contribution < 1.29 is 9.18 Å². The number of halogens is 1. The molecule has 1 N–H and O–H groups in total. The van der Waals surface area contributed by atoms with Gasteiger partial charge in [-0.1, -0.05) is 20.8 Å². The van der Waals surface area contributed by atoms with Crippen molar-refractivity contribution in [1.29, 1.82) is 0 Å². The second-order valence-corrected chi connectivity index (χ2v) is 11.0. The molecular formula is C27H32FN7O. The van der Waals surface area contributed by atoms with E-state index in [0.29, 0.717) is 29.7 Å². The third-order valence-corrected chi connectivity index (χ3v) is 8.04. The van der Waals surface area contributed by atoms with Gasteiger partial charge in [0.1, 0.15) is 12.1 Å². The van der Waals surface area contributed by atoms with Crippen molar-refractivity contribution in [3.63, 3.8) is 0 Å². The topological polar surface area (TPSA) is 82.4 Å². The molecule has 0 aliphatic carbocycles. The lowest BCUT2D eigenvalue weighted by Crippen LogP contribution is -2.72. The summed E-state index contributed by atoms with van der Waals surface area (Å²) in [5.74, 6) is 0.533. The van der Waals surface area contributed by atoms with E-state index in [0.717, 1.165) is 59.8 Å². The van der Waals surface area contributed by atoms with E-state index in [4.69, 9.17) is 0 Å². The van der Waals surface area contributed by atoms with Gasteiger partial charge in [-0.3, -0.25) is 9.69 Å². The lowest BCUT2D eigenvalue weighted by atomic mass is 9.72. The van der Waals surface area contributed by atoms with Crippen molar-refractivity contribution in [2.45, 2.75) is 47.0 Å². The number of Topliss-reactive ketones (excluding diaryl/α,β-unsaturated/α-hetero) is 1. The molecule has 0 radical (unpaired) electrons. The van der Waals surface area contributed by atoms with Gasteiger partial charge in [0.2, 0.25) is 0 Å². The molecule has 0 amide bonds. The smallest absolute Gasteiger partial charge is 0.175 e. The van der Waals surface area contributed by atoms with Gasteiger partial charge in [0.05, 0.1) is 24.0 Å². The Morgan fingerprint density at radius 2 is 1.92 bits per heavy atom. The fraction of sp³-hybridized carbons (Fsp3) is 0.481. The zero-order valence-corrected chi connectivity index (χ0v) is 21.5. The number of carbonyl (C=O) groups excluding carboxylic acids is 1. The Bertz CT molecular complexity index is 1500. The van der Waals surface area contributed by atoms with Crippen LogP contribution in [-0.2, 0) is 4.79 Å². The number of nitrogens with zero attached hydrogens (tertiary/aromatic N) is 6. The Labute approximate surface area is 209 Å². The van der Waals surface area contributed by atoms with E-state index in [1.54, 1.807) is 17.0 Å². The maximum atomic E-state index is 16.1. The number of ketones is 1. The van der Waals surface area contributed by atoms with Crippen LogP contribution in [-0.4, -0.2) is 68.0 Å². The molecule has 2 fully saturated rings. The molecular weight excluding hydrogens is 457 g/mol. The molecule has 6 heterocycles. The summed E-state index contributed by atoms with van der Waals surface area (Å²) in [6.45, 7) is 14.1. The number of fused-ring (bicyclic) bond motifs is 2. The standard InChI is InChI=1S/C27H32FN7O/c1-6-18(36)8-33-10-27(11-33)12-34(13-27)26-23(28)22-20(7-29-26)32-24(21(22)15(2)3)19-9-35-25(30-14-31-35)17(5)16(19)4/h7,9,14-15,32H,6,8,10-13H2,1-5H3. The molecule has 4 aromatic heterocycles. The van der Waals surface area contributed by atoms with Gasteiger partial charge in [0, 0.05) is 55.2 Å². The van der Waals surface area contributed by atoms with E-state index in [2.05, 4.69) is 45.7 Å². The van der Waals surface area contributed by atoms with Gasteiger partial charge in [-0.15, -0.1) is 0 Å². The van der Waals surface area contributed by atoms with Crippen LogP contribution in [0.3, 0.4) is 0 Å². The third kappa shape index (κ3) is 3.36. The summed E-state index contributed by atoms with van der Waals surface area (Å²) in [6, 6.07) is 0. The van der Waals surface area contributed by atoms with Gasteiger partial charge in [-0.05, 0) is 36.5 Å². The van der Waals surface area contributed by atoms with E-state index >= 15 is 4.39 Å². The second kappa shape index (κ2) is 8.09. The van der Waals surface area contributed by atoms with Crippen LogP contribution in [0.2, 0.25) is 0 Å². The van der Waals surface area contributed by atoms with Crippen LogP contribution in [0.25, 0.3) is 27.8 Å². The lowest BCUT2D eigenvalue weighted by Gasteiger charge is -2.60. The van der Waals surface area contributed by atoms with Gasteiger partial charge in [0.15, 0.2) is 17.3 Å². The maximum Gasteiger partial charge on any atom is 0.175 e. The van der Waals surface area contributed by atoms with Gasteiger partial charge in [-0.2, -0.15) is 5.10 Å². The highest BCUT2D eigenvalue weighted by Crippen LogP contribution is 2.45. The van der Waals surface area contributed by atoms with Crippen LogP contribution in [0.1, 0.15) is 49.8 Å². The van der Waals surface area contributed by atoms with E-state index in [9.17, 15) is 4.79 Å². The number of aromatic amines is 1. The van der Waals surface area contributed by atoms with Crippen LogP contribution in [0, 0.1) is 25.1 Å². The number of pyridine rings is 2. The predicted octanol–water partition coefficient (Wildman–Crippen LogP) is 4.25. The fourth-order valence-corrected chi connectivity index (χ4v) is 6.11. The molecule has 2 aliphatic heterocycles. The summed E-state index contributed by atoms with van der Waals surface area (Å²) in [6.07, 6.45) is 5.86. The molecule has 0 bridgehead atoms. The van der Waals surface area contributed by atoms with Gasteiger partial charge in [-0.25, -0.2) is 18.9 Å². The summed E-state index contributed by atoms with van der Waals surface area (Å²) in [5.41, 5.74) is 6.69. The summed E-state index contributed by atoms with van der Waals surface area (Å²) in [5, 5.41) is 4.95. The number of H-pyrrole nitrogens is 1. The fourth-order valence-electron chi connectivity index (χ4n) is 6.11. The van der Waals surface area contributed by atoms with E-state index < -0.39 is 0 Å². The Hall–Kier alpha value is -3.33. The van der Waals surface area contributed by atoms with E-state index in [-0.39, 0.29) is 22.9 Å². The molecule has 188 valence electrons. The van der Waals surface area contributed by atoms with Crippen molar-refractivity contribution in [3.8, 4) is 11.3 Å². The van der Waals surface area contributed by atoms with Crippen molar-refractivity contribution in [2.24, 2.45) is 5.41 Å². The normalized spacial score (nSPS) is 17.4. The van der Waals surface area contributed by atoms with Crippen molar-refractivity contribution >= 4 is 28.2 Å². The highest BCUT2D eigenvalue weighted by atomic mass is 19.1. The average molecular weight is 490 g/mol. The number of hydrogen-bond acceptors (Lipinski definition) is 6. The Morgan fingerprint density at radius 1 is 1.17 bits per heavy atom. The quantitative estimate of drug-likeness (QED) is 0.436. The Morgan fingerprint density at radius 3 is 2.61 bits per heavy atom.